The van der Waals surface area contributed by atoms with Crippen molar-refractivity contribution in [2.45, 2.75) is 50.9 Å². The summed E-state index contributed by atoms with van der Waals surface area (Å²) in [6.07, 6.45) is 9.36. The summed E-state index contributed by atoms with van der Waals surface area (Å²) in [5.74, 6) is 2.17. The van der Waals surface area contributed by atoms with E-state index in [1.54, 1.807) is 19.2 Å². The minimum Gasteiger partial charge on any atom is -0.493 e. The molecule has 2 aromatic rings. The van der Waals surface area contributed by atoms with Crippen LogP contribution in [0.5, 0.6) is 11.5 Å². The first-order valence-electron chi connectivity index (χ1n) is 13.0. The number of nitrogens with zero attached hydrogens (tertiary/aromatic N) is 1. The average Bonchev–Trinajstić information content (AvgIpc) is 2.86. The van der Waals surface area contributed by atoms with Crippen molar-refractivity contribution in [1.82, 2.24) is 5.32 Å². The Kier molecular flexibility index (Phi) is 5.62. The Hall–Kier alpha value is -3.61. The maximum atomic E-state index is 13.5. The molecule has 192 valence electrons. The first-order chi connectivity index (χ1) is 17.8. The standard InChI is InChI=1S/C30H32N2O5/c1-17-8-25(36-2)26(37-3)13-21(17)12-24-27(33)31-29(35)32(28(24)34)23-6-4-22(5-7-23)30-14-18-9-19(15-30)11-20(10-18)16-30/h4-8,12-13,18-20H,9-11,14-16H2,1-3H3,(H,31,33,35)/b24-12+. The summed E-state index contributed by atoms with van der Waals surface area (Å²) in [6.45, 7) is 1.85. The Morgan fingerprint density at radius 3 is 2.03 bits per heavy atom. The Morgan fingerprint density at radius 1 is 0.892 bits per heavy atom. The van der Waals surface area contributed by atoms with Gasteiger partial charge in [-0.1, -0.05) is 12.1 Å². The van der Waals surface area contributed by atoms with Gasteiger partial charge in [-0.05, 0) is 116 Å². The van der Waals surface area contributed by atoms with E-state index in [0.717, 1.165) is 28.2 Å². The van der Waals surface area contributed by atoms with Crippen molar-refractivity contribution in [1.29, 1.82) is 0 Å². The summed E-state index contributed by atoms with van der Waals surface area (Å²) in [6, 6.07) is 10.6. The number of hydrogen-bond donors (Lipinski definition) is 1. The van der Waals surface area contributed by atoms with Gasteiger partial charge in [-0.15, -0.1) is 0 Å². The molecule has 1 saturated heterocycles. The summed E-state index contributed by atoms with van der Waals surface area (Å²) in [7, 11) is 3.07. The number of carbonyl (C=O) groups is 3. The number of anilines is 1. The van der Waals surface area contributed by atoms with Crippen molar-refractivity contribution in [2.75, 3.05) is 19.1 Å². The van der Waals surface area contributed by atoms with Gasteiger partial charge in [0, 0.05) is 0 Å². The second kappa shape index (κ2) is 8.75. The molecule has 7 rings (SSSR count). The van der Waals surface area contributed by atoms with Crippen LogP contribution in [0, 0.1) is 24.7 Å². The highest BCUT2D eigenvalue weighted by molar-refractivity contribution is 6.39. The number of nitrogens with one attached hydrogen (secondary N) is 1. The predicted octanol–water partition coefficient (Wildman–Crippen LogP) is 5.15. The van der Waals surface area contributed by atoms with E-state index in [2.05, 4.69) is 17.4 Å². The molecule has 4 aliphatic carbocycles. The number of barbiturate groups is 1. The smallest absolute Gasteiger partial charge is 0.335 e. The number of imide groups is 2. The fourth-order valence-electron chi connectivity index (χ4n) is 7.63. The zero-order chi connectivity index (χ0) is 25.9. The highest BCUT2D eigenvalue weighted by atomic mass is 16.5. The van der Waals surface area contributed by atoms with Crippen LogP contribution in [0.4, 0.5) is 10.5 Å². The molecular formula is C30H32N2O5. The molecule has 2 aromatic carbocycles. The van der Waals surface area contributed by atoms with Crippen molar-refractivity contribution in [3.05, 3.63) is 58.7 Å². The van der Waals surface area contributed by atoms with Crippen LogP contribution in [0.25, 0.3) is 6.08 Å². The molecule has 0 aromatic heterocycles. The van der Waals surface area contributed by atoms with E-state index in [-0.39, 0.29) is 11.0 Å². The Balaban J connectivity index is 1.30. The second-order valence-electron chi connectivity index (χ2n) is 11.3. The van der Waals surface area contributed by atoms with E-state index in [1.807, 2.05) is 19.1 Å². The van der Waals surface area contributed by atoms with Gasteiger partial charge in [0.1, 0.15) is 5.57 Å². The van der Waals surface area contributed by atoms with Crippen LogP contribution in [0.3, 0.4) is 0 Å². The number of ether oxygens (including phenoxy) is 2. The number of carbonyl (C=O) groups excluding carboxylic acids is 3. The Bertz CT molecular complexity index is 1290. The third-order valence-electron chi connectivity index (χ3n) is 8.95. The third-order valence-corrected chi connectivity index (χ3v) is 8.95. The van der Waals surface area contributed by atoms with Gasteiger partial charge < -0.3 is 9.47 Å². The molecule has 0 spiro atoms. The highest BCUT2D eigenvalue weighted by Crippen LogP contribution is 2.60. The number of aryl methyl sites for hydroxylation is 1. The maximum Gasteiger partial charge on any atom is 0.335 e. The normalized spacial score (nSPS) is 29.6. The number of urea groups is 1. The highest BCUT2D eigenvalue weighted by Gasteiger charge is 2.51. The third kappa shape index (κ3) is 3.92. The van der Waals surface area contributed by atoms with E-state index in [1.165, 1.54) is 57.3 Å². The van der Waals surface area contributed by atoms with Gasteiger partial charge in [0.15, 0.2) is 11.5 Å². The van der Waals surface area contributed by atoms with Crippen LogP contribution in [-0.2, 0) is 15.0 Å². The summed E-state index contributed by atoms with van der Waals surface area (Å²) < 4.78 is 10.7. The maximum absolute atomic E-state index is 13.5. The zero-order valence-electron chi connectivity index (χ0n) is 21.5. The molecule has 4 amide bonds. The van der Waals surface area contributed by atoms with Crippen molar-refractivity contribution in [3.8, 4) is 11.5 Å². The van der Waals surface area contributed by atoms with Crippen LogP contribution in [0.1, 0.15) is 55.2 Å². The number of methoxy groups -OCH3 is 2. The van der Waals surface area contributed by atoms with Crippen molar-refractivity contribution in [2.24, 2.45) is 17.8 Å². The number of hydrogen-bond acceptors (Lipinski definition) is 5. The second-order valence-corrected chi connectivity index (χ2v) is 11.3. The van der Waals surface area contributed by atoms with Crippen LogP contribution in [-0.4, -0.2) is 32.1 Å². The molecular weight excluding hydrogens is 468 g/mol. The molecule has 0 radical (unpaired) electrons. The summed E-state index contributed by atoms with van der Waals surface area (Å²) in [5, 5.41) is 2.33. The van der Waals surface area contributed by atoms with Gasteiger partial charge in [0.05, 0.1) is 19.9 Å². The van der Waals surface area contributed by atoms with Gasteiger partial charge in [-0.2, -0.15) is 0 Å². The number of rotatable bonds is 5. The molecule has 7 heteroatoms. The van der Waals surface area contributed by atoms with Gasteiger partial charge in [-0.3, -0.25) is 14.9 Å². The number of benzene rings is 2. The minimum atomic E-state index is -0.737. The molecule has 4 saturated carbocycles. The zero-order valence-corrected chi connectivity index (χ0v) is 21.5. The van der Waals surface area contributed by atoms with E-state index >= 15 is 0 Å². The SMILES string of the molecule is COc1cc(C)c(/C=C2\C(=O)NC(=O)N(c3ccc(C45CC6CC(CC(C6)C4)C5)cc3)C2=O)cc1OC. The average molecular weight is 501 g/mol. The topological polar surface area (TPSA) is 84.9 Å². The van der Waals surface area contributed by atoms with E-state index in [0.29, 0.717) is 22.7 Å². The lowest BCUT2D eigenvalue weighted by molar-refractivity contribution is -0.122. The quantitative estimate of drug-likeness (QED) is 0.454. The molecule has 5 fully saturated rings. The van der Waals surface area contributed by atoms with Gasteiger partial charge in [-0.25, -0.2) is 9.69 Å². The van der Waals surface area contributed by atoms with Crippen LogP contribution in [0.2, 0.25) is 0 Å². The van der Waals surface area contributed by atoms with Gasteiger partial charge in [0.25, 0.3) is 11.8 Å². The lowest BCUT2D eigenvalue weighted by Gasteiger charge is -2.57. The fraction of sp³-hybridized carbons (Fsp3) is 0.433. The van der Waals surface area contributed by atoms with Crippen molar-refractivity contribution < 1.29 is 23.9 Å². The van der Waals surface area contributed by atoms with Crippen LogP contribution >= 0.6 is 0 Å². The molecule has 4 bridgehead atoms. The molecule has 0 unspecified atom stereocenters. The van der Waals surface area contributed by atoms with Crippen molar-refractivity contribution in [3.63, 3.8) is 0 Å². The minimum absolute atomic E-state index is 0.111. The first kappa shape index (κ1) is 23.8. The summed E-state index contributed by atoms with van der Waals surface area (Å²) in [4.78, 5) is 40.0. The van der Waals surface area contributed by atoms with E-state index in [4.69, 9.17) is 9.47 Å². The van der Waals surface area contributed by atoms with Crippen LogP contribution in [0.15, 0.2) is 42.0 Å². The molecule has 37 heavy (non-hydrogen) atoms. The predicted molar refractivity (Wildman–Crippen MR) is 140 cm³/mol. The molecule has 1 aliphatic heterocycles. The largest absolute Gasteiger partial charge is 0.493 e. The molecule has 1 N–H and O–H groups in total. The first-order valence-corrected chi connectivity index (χ1v) is 13.0. The fourth-order valence-corrected chi connectivity index (χ4v) is 7.63. The van der Waals surface area contributed by atoms with Crippen LogP contribution < -0.4 is 19.7 Å². The lowest BCUT2D eigenvalue weighted by Crippen LogP contribution is -2.54. The van der Waals surface area contributed by atoms with E-state index in [9.17, 15) is 14.4 Å². The molecule has 0 atom stereocenters. The van der Waals surface area contributed by atoms with Gasteiger partial charge >= 0.3 is 6.03 Å². The molecule has 7 nitrogen and oxygen atoms in total. The molecule has 1 heterocycles. The van der Waals surface area contributed by atoms with Gasteiger partial charge in [0.2, 0.25) is 0 Å². The van der Waals surface area contributed by atoms with Crippen molar-refractivity contribution >= 4 is 29.6 Å². The Labute approximate surface area is 216 Å². The molecule has 5 aliphatic rings. The van der Waals surface area contributed by atoms with E-state index < -0.39 is 17.8 Å². The summed E-state index contributed by atoms with van der Waals surface area (Å²) in [5.41, 5.74) is 3.32. The Morgan fingerprint density at radius 2 is 1.46 bits per heavy atom. The lowest BCUT2D eigenvalue weighted by atomic mass is 9.48. The monoisotopic (exact) mass is 500 g/mol. The number of amides is 4. The summed E-state index contributed by atoms with van der Waals surface area (Å²) >= 11 is 0.